The molecule has 2 nitrogen and oxygen atoms in total. The molecule has 0 fully saturated rings. The van der Waals surface area contributed by atoms with E-state index in [1.807, 2.05) is 17.7 Å². The fourth-order valence-electron chi connectivity index (χ4n) is 1.38. The second-order valence-corrected chi connectivity index (χ2v) is 4.83. The number of hydrogen-bond donors (Lipinski definition) is 0. The lowest BCUT2D eigenvalue weighted by Crippen LogP contribution is -2.24. The van der Waals surface area contributed by atoms with Crippen molar-refractivity contribution in [1.82, 2.24) is 0 Å². The molecule has 1 unspecified atom stereocenters. The van der Waals surface area contributed by atoms with Gasteiger partial charge in [-0.05, 0) is 29.3 Å². The lowest BCUT2D eigenvalue weighted by Gasteiger charge is -2.14. The lowest BCUT2D eigenvalue weighted by molar-refractivity contribution is 0.0423. The summed E-state index contributed by atoms with van der Waals surface area (Å²) in [5.74, 6) is 0.0897. The summed E-state index contributed by atoms with van der Waals surface area (Å²) in [4.78, 5) is 12.1. The number of halogens is 1. The first-order valence-corrected chi connectivity index (χ1v) is 6.81. The molecule has 0 aliphatic carbocycles. The van der Waals surface area contributed by atoms with Crippen molar-refractivity contribution in [2.45, 2.75) is 32.8 Å². The monoisotopic (exact) mass is 290 g/mol. The first kappa shape index (κ1) is 12.9. The van der Waals surface area contributed by atoms with Crippen LogP contribution >= 0.6 is 27.3 Å². The van der Waals surface area contributed by atoms with Crippen molar-refractivity contribution in [3.63, 3.8) is 0 Å². The van der Waals surface area contributed by atoms with Gasteiger partial charge < -0.3 is 4.74 Å². The minimum Gasteiger partial charge on any atom is -0.370 e. The minimum absolute atomic E-state index is 0.0897. The molecule has 0 aromatic carbocycles. The number of ether oxygens (including phenoxy) is 1. The van der Waals surface area contributed by atoms with Gasteiger partial charge in [-0.2, -0.15) is 11.3 Å². The topological polar surface area (TPSA) is 26.3 Å². The predicted molar refractivity (Wildman–Crippen MR) is 66.7 cm³/mol. The standard InChI is InChI=1S/C11H15BrO2S/c1-3-5-10(14-4-2)11(13)8-6-15-7-9(8)12/h6-7,10H,3-5H2,1-2H3. The molecule has 0 N–H and O–H groups in total. The number of ketones is 1. The minimum atomic E-state index is -0.286. The summed E-state index contributed by atoms with van der Waals surface area (Å²) in [5.41, 5.74) is 0.743. The van der Waals surface area contributed by atoms with Gasteiger partial charge in [0.15, 0.2) is 5.78 Å². The van der Waals surface area contributed by atoms with Gasteiger partial charge in [0.05, 0.1) is 0 Å². The SMILES string of the molecule is CCCC(OCC)C(=O)c1cscc1Br. The van der Waals surface area contributed by atoms with Gasteiger partial charge >= 0.3 is 0 Å². The normalized spacial score (nSPS) is 12.7. The number of hydrogen-bond acceptors (Lipinski definition) is 3. The molecule has 0 saturated heterocycles. The highest BCUT2D eigenvalue weighted by molar-refractivity contribution is 9.10. The van der Waals surface area contributed by atoms with E-state index >= 15 is 0 Å². The zero-order chi connectivity index (χ0) is 11.3. The van der Waals surface area contributed by atoms with Crippen LogP contribution in [-0.2, 0) is 4.74 Å². The predicted octanol–water partition coefficient (Wildman–Crippen LogP) is 3.90. The summed E-state index contributed by atoms with van der Waals surface area (Å²) < 4.78 is 6.33. The summed E-state index contributed by atoms with van der Waals surface area (Å²) in [6.07, 6.45) is 1.46. The van der Waals surface area contributed by atoms with E-state index in [9.17, 15) is 4.79 Å². The highest BCUT2D eigenvalue weighted by atomic mass is 79.9. The van der Waals surface area contributed by atoms with Gasteiger partial charge in [-0.15, -0.1) is 0 Å². The van der Waals surface area contributed by atoms with Gasteiger partial charge in [-0.1, -0.05) is 13.3 Å². The summed E-state index contributed by atoms with van der Waals surface area (Å²) >= 11 is 4.90. The van der Waals surface area contributed by atoms with Crippen LogP contribution in [0.25, 0.3) is 0 Å². The molecule has 84 valence electrons. The smallest absolute Gasteiger partial charge is 0.193 e. The van der Waals surface area contributed by atoms with Crippen LogP contribution in [0.4, 0.5) is 0 Å². The molecule has 1 aromatic rings. The van der Waals surface area contributed by atoms with Crippen molar-refractivity contribution in [1.29, 1.82) is 0 Å². The van der Waals surface area contributed by atoms with E-state index in [-0.39, 0.29) is 11.9 Å². The third-order valence-electron chi connectivity index (χ3n) is 2.09. The number of Topliss-reactive ketones (excluding diaryl/α,β-unsaturated/α-hetero) is 1. The van der Waals surface area contributed by atoms with Gasteiger partial charge in [-0.3, -0.25) is 4.79 Å². The van der Waals surface area contributed by atoms with Crippen molar-refractivity contribution in [3.8, 4) is 0 Å². The molecule has 0 spiro atoms. The molecule has 0 saturated carbocycles. The highest BCUT2D eigenvalue weighted by Gasteiger charge is 2.21. The molecule has 0 aliphatic rings. The first-order valence-electron chi connectivity index (χ1n) is 5.08. The zero-order valence-corrected chi connectivity index (χ0v) is 11.4. The summed E-state index contributed by atoms with van der Waals surface area (Å²) in [6.45, 7) is 4.55. The van der Waals surface area contributed by atoms with Crippen molar-refractivity contribution >= 4 is 33.0 Å². The van der Waals surface area contributed by atoms with Crippen LogP contribution < -0.4 is 0 Å². The number of thiophene rings is 1. The van der Waals surface area contributed by atoms with E-state index in [2.05, 4.69) is 22.9 Å². The number of carbonyl (C=O) groups is 1. The van der Waals surface area contributed by atoms with Crippen molar-refractivity contribution < 1.29 is 9.53 Å². The van der Waals surface area contributed by atoms with Gasteiger partial charge in [0, 0.05) is 27.4 Å². The van der Waals surface area contributed by atoms with Gasteiger partial charge in [-0.25, -0.2) is 0 Å². The van der Waals surface area contributed by atoms with Crippen LogP contribution in [0.15, 0.2) is 15.2 Å². The molecular formula is C11H15BrO2S. The molecule has 15 heavy (non-hydrogen) atoms. The van der Waals surface area contributed by atoms with Crippen LogP contribution in [0.2, 0.25) is 0 Å². The van der Waals surface area contributed by atoms with Crippen LogP contribution in [0.3, 0.4) is 0 Å². The van der Waals surface area contributed by atoms with Crippen LogP contribution in [-0.4, -0.2) is 18.5 Å². The fourth-order valence-corrected chi connectivity index (χ4v) is 2.86. The Labute approximate surface area is 103 Å². The number of carbonyl (C=O) groups excluding carboxylic acids is 1. The fraction of sp³-hybridized carbons (Fsp3) is 0.545. The Kier molecular flexibility index (Phi) is 5.50. The average Bonchev–Trinajstić information content (AvgIpc) is 2.63. The molecular weight excluding hydrogens is 276 g/mol. The maximum absolute atomic E-state index is 12.1. The van der Waals surface area contributed by atoms with E-state index in [1.165, 1.54) is 11.3 Å². The third kappa shape index (κ3) is 3.40. The summed E-state index contributed by atoms with van der Waals surface area (Å²) in [7, 11) is 0. The molecule has 0 bridgehead atoms. The van der Waals surface area contributed by atoms with Crippen LogP contribution in [0.5, 0.6) is 0 Å². The molecule has 4 heteroatoms. The Morgan fingerprint density at radius 3 is 2.73 bits per heavy atom. The quantitative estimate of drug-likeness (QED) is 0.743. The van der Waals surface area contributed by atoms with E-state index < -0.39 is 0 Å². The van der Waals surface area contributed by atoms with Gasteiger partial charge in [0.25, 0.3) is 0 Å². The Balaban J connectivity index is 2.76. The Morgan fingerprint density at radius 1 is 1.53 bits per heavy atom. The summed E-state index contributed by atoms with van der Waals surface area (Å²) in [6, 6.07) is 0. The number of rotatable bonds is 6. The highest BCUT2D eigenvalue weighted by Crippen LogP contribution is 2.24. The third-order valence-corrected chi connectivity index (χ3v) is 3.79. The zero-order valence-electron chi connectivity index (χ0n) is 8.96. The Bertz CT molecular complexity index is 316. The Morgan fingerprint density at radius 2 is 2.27 bits per heavy atom. The van der Waals surface area contributed by atoms with E-state index in [1.54, 1.807) is 0 Å². The summed E-state index contributed by atoms with van der Waals surface area (Å²) in [5, 5.41) is 3.79. The Hall–Kier alpha value is -0.190. The maximum atomic E-state index is 12.1. The van der Waals surface area contributed by atoms with Crippen molar-refractivity contribution in [2.75, 3.05) is 6.61 Å². The van der Waals surface area contributed by atoms with E-state index in [4.69, 9.17) is 4.74 Å². The van der Waals surface area contributed by atoms with Crippen molar-refractivity contribution in [3.05, 3.63) is 20.8 Å². The first-order chi connectivity index (χ1) is 7.20. The van der Waals surface area contributed by atoms with E-state index in [0.29, 0.717) is 6.61 Å². The molecule has 0 amide bonds. The van der Waals surface area contributed by atoms with Crippen LogP contribution in [0, 0.1) is 0 Å². The largest absolute Gasteiger partial charge is 0.370 e. The lowest BCUT2D eigenvalue weighted by atomic mass is 10.1. The molecule has 1 rings (SSSR count). The molecule has 1 heterocycles. The molecule has 1 aromatic heterocycles. The van der Waals surface area contributed by atoms with E-state index in [0.717, 1.165) is 22.9 Å². The van der Waals surface area contributed by atoms with Crippen molar-refractivity contribution in [2.24, 2.45) is 0 Å². The molecule has 1 atom stereocenters. The second kappa shape index (κ2) is 6.40. The van der Waals surface area contributed by atoms with Gasteiger partial charge in [0.1, 0.15) is 6.10 Å². The second-order valence-electron chi connectivity index (χ2n) is 3.23. The molecule has 0 radical (unpaired) electrons. The van der Waals surface area contributed by atoms with Gasteiger partial charge in [0.2, 0.25) is 0 Å². The maximum Gasteiger partial charge on any atom is 0.193 e. The van der Waals surface area contributed by atoms with Crippen LogP contribution in [0.1, 0.15) is 37.0 Å². The molecule has 0 aliphatic heterocycles. The average molecular weight is 291 g/mol.